The predicted octanol–water partition coefficient (Wildman–Crippen LogP) is 2.98. The van der Waals surface area contributed by atoms with Crippen LogP contribution in [0.4, 0.5) is 18.9 Å². The maximum absolute atomic E-state index is 13.5. The average molecular weight is 401 g/mol. The number of nitrogens with one attached hydrogen (secondary N) is 2. The zero-order valence-electron chi connectivity index (χ0n) is 16.1. The van der Waals surface area contributed by atoms with Crippen molar-refractivity contribution in [3.05, 3.63) is 29.6 Å². The second kappa shape index (κ2) is 12.0. The maximum atomic E-state index is 13.5. The predicted molar refractivity (Wildman–Crippen MR) is 99.0 cm³/mol. The number of halogens is 3. The van der Waals surface area contributed by atoms with E-state index in [0.29, 0.717) is 25.6 Å². The third-order valence-corrected chi connectivity index (χ3v) is 3.89. The first-order valence-corrected chi connectivity index (χ1v) is 9.27. The van der Waals surface area contributed by atoms with Crippen molar-refractivity contribution in [2.45, 2.75) is 46.0 Å². The van der Waals surface area contributed by atoms with E-state index in [0.717, 1.165) is 18.9 Å². The molecule has 0 heterocycles. The molecule has 0 spiro atoms. The molecule has 28 heavy (non-hydrogen) atoms. The molecule has 1 rings (SSSR count). The molecule has 1 aromatic carbocycles. The normalized spacial score (nSPS) is 10.5. The SMILES string of the molecule is CCCN(CCC)C(=O)CCCC(=O)NCC(=O)Nc1ccc(F)c(F)c1F. The molecule has 0 aliphatic carbocycles. The molecule has 156 valence electrons. The molecule has 0 aromatic heterocycles. The fraction of sp³-hybridized carbons (Fsp3) is 0.526. The smallest absolute Gasteiger partial charge is 0.243 e. The Labute approximate surface area is 162 Å². The molecule has 6 nitrogen and oxygen atoms in total. The lowest BCUT2D eigenvalue weighted by molar-refractivity contribution is -0.131. The van der Waals surface area contributed by atoms with E-state index in [1.807, 2.05) is 13.8 Å². The number of nitrogens with zero attached hydrogens (tertiary/aromatic N) is 1. The van der Waals surface area contributed by atoms with Gasteiger partial charge >= 0.3 is 0 Å². The number of carbonyl (C=O) groups is 3. The fourth-order valence-corrected chi connectivity index (χ4v) is 2.54. The summed E-state index contributed by atoms with van der Waals surface area (Å²) in [4.78, 5) is 37.3. The summed E-state index contributed by atoms with van der Waals surface area (Å²) < 4.78 is 39.4. The molecule has 2 N–H and O–H groups in total. The Morgan fingerprint density at radius 1 is 0.929 bits per heavy atom. The number of hydrogen-bond donors (Lipinski definition) is 2. The molecule has 0 atom stereocenters. The van der Waals surface area contributed by atoms with E-state index >= 15 is 0 Å². The van der Waals surface area contributed by atoms with Crippen LogP contribution >= 0.6 is 0 Å². The standard InChI is InChI=1S/C19H26F3N3O3/c1-3-10-25(11-4-2)17(28)7-5-6-15(26)23-12-16(27)24-14-9-8-13(20)18(21)19(14)22/h8-9H,3-7,10-12H2,1-2H3,(H,23,26)(H,24,27). The second-order valence-electron chi connectivity index (χ2n) is 6.28. The van der Waals surface area contributed by atoms with Crippen molar-refractivity contribution in [2.24, 2.45) is 0 Å². The van der Waals surface area contributed by atoms with Gasteiger partial charge in [0.05, 0.1) is 12.2 Å². The first-order chi connectivity index (χ1) is 13.3. The number of rotatable bonds is 11. The molecule has 0 aliphatic rings. The molecule has 0 aliphatic heterocycles. The maximum Gasteiger partial charge on any atom is 0.243 e. The molecular weight excluding hydrogens is 375 g/mol. The number of anilines is 1. The summed E-state index contributed by atoms with van der Waals surface area (Å²) in [5, 5.41) is 4.39. The van der Waals surface area contributed by atoms with Crippen LogP contribution in [0.2, 0.25) is 0 Å². The molecule has 9 heteroatoms. The quantitative estimate of drug-likeness (QED) is 0.560. The summed E-state index contributed by atoms with van der Waals surface area (Å²) >= 11 is 0. The topological polar surface area (TPSA) is 78.5 Å². The van der Waals surface area contributed by atoms with Gasteiger partial charge in [0.15, 0.2) is 17.5 Å². The Bertz CT molecular complexity index is 692. The van der Waals surface area contributed by atoms with E-state index in [1.165, 1.54) is 0 Å². The summed E-state index contributed by atoms with van der Waals surface area (Å²) in [6, 6.07) is 1.57. The van der Waals surface area contributed by atoms with Gasteiger partial charge in [0.1, 0.15) is 0 Å². The monoisotopic (exact) mass is 401 g/mol. The Balaban J connectivity index is 2.35. The van der Waals surface area contributed by atoms with Crippen LogP contribution in [0.25, 0.3) is 0 Å². The highest BCUT2D eigenvalue weighted by Crippen LogP contribution is 2.19. The highest BCUT2D eigenvalue weighted by atomic mass is 19.2. The van der Waals surface area contributed by atoms with Crippen LogP contribution in [0.3, 0.4) is 0 Å². The van der Waals surface area contributed by atoms with Crippen LogP contribution in [0.5, 0.6) is 0 Å². The Hall–Kier alpha value is -2.58. The van der Waals surface area contributed by atoms with Gasteiger partial charge in [-0.25, -0.2) is 13.2 Å². The molecule has 0 unspecified atom stereocenters. The molecule has 1 aromatic rings. The first kappa shape index (κ1) is 23.5. The van der Waals surface area contributed by atoms with Crippen molar-refractivity contribution in [1.82, 2.24) is 10.2 Å². The van der Waals surface area contributed by atoms with Crippen LogP contribution in [0.1, 0.15) is 46.0 Å². The average Bonchev–Trinajstić information content (AvgIpc) is 2.66. The summed E-state index contributed by atoms with van der Waals surface area (Å²) in [7, 11) is 0. The molecule has 3 amide bonds. The van der Waals surface area contributed by atoms with Crippen molar-refractivity contribution < 1.29 is 27.6 Å². The number of hydrogen-bond acceptors (Lipinski definition) is 3. The van der Waals surface area contributed by atoms with Gasteiger partial charge in [-0.05, 0) is 31.4 Å². The summed E-state index contributed by atoms with van der Waals surface area (Å²) in [5.41, 5.74) is -0.518. The Morgan fingerprint density at radius 3 is 2.18 bits per heavy atom. The fourth-order valence-electron chi connectivity index (χ4n) is 2.54. The highest BCUT2D eigenvalue weighted by Gasteiger charge is 2.16. The summed E-state index contributed by atoms with van der Waals surface area (Å²) in [6.45, 7) is 4.88. The minimum atomic E-state index is -1.69. The van der Waals surface area contributed by atoms with Gasteiger partial charge in [-0.3, -0.25) is 14.4 Å². The summed E-state index contributed by atoms with van der Waals surface area (Å²) in [6.07, 6.45) is 2.36. The number of amides is 3. The molecule has 0 bridgehead atoms. The van der Waals surface area contributed by atoms with E-state index in [2.05, 4.69) is 10.6 Å². The van der Waals surface area contributed by atoms with Gasteiger partial charge in [0.25, 0.3) is 0 Å². The largest absolute Gasteiger partial charge is 0.347 e. The van der Waals surface area contributed by atoms with Crippen LogP contribution in [0, 0.1) is 17.5 Å². The minimum absolute atomic E-state index is 0.0111. The van der Waals surface area contributed by atoms with Crippen LogP contribution < -0.4 is 10.6 Å². The van der Waals surface area contributed by atoms with Crippen LogP contribution in [-0.4, -0.2) is 42.3 Å². The lowest BCUT2D eigenvalue weighted by atomic mass is 10.2. The van der Waals surface area contributed by atoms with E-state index in [9.17, 15) is 27.6 Å². The minimum Gasteiger partial charge on any atom is -0.347 e. The van der Waals surface area contributed by atoms with Crippen molar-refractivity contribution in [1.29, 1.82) is 0 Å². The number of carbonyl (C=O) groups excluding carboxylic acids is 3. The molecule has 0 saturated carbocycles. The molecule has 0 fully saturated rings. The van der Waals surface area contributed by atoms with E-state index in [4.69, 9.17) is 0 Å². The van der Waals surface area contributed by atoms with Gasteiger partial charge in [0.2, 0.25) is 17.7 Å². The van der Waals surface area contributed by atoms with E-state index in [1.54, 1.807) is 4.90 Å². The van der Waals surface area contributed by atoms with Crippen LogP contribution in [-0.2, 0) is 14.4 Å². The van der Waals surface area contributed by atoms with E-state index < -0.39 is 41.5 Å². The van der Waals surface area contributed by atoms with Crippen molar-refractivity contribution in [3.8, 4) is 0 Å². The molecular formula is C19H26F3N3O3. The van der Waals surface area contributed by atoms with Gasteiger partial charge in [0, 0.05) is 25.9 Å². The van der Waals surface area contributed by atoms with Crippen molar-refractivity contribution >= 4 is 23.4 Å². The zero-order chi connectivity index (χ0) is 21.1. The third kappa shape index (κ3) is 7.58. The lowest BCUT2D eigenvalue weighted by Gasteiger charge is -2.21. The molecule has 0 saturated heterocycles. The van der Waals surface area contributed by atoms with Gasteiger partial charge in [-0.15, -0.1) is 0 Å². The van der Waals surface area contributed by atoms with Crippen molar-refractivity contribution in [3.63, 3.8) is 0 Å². The summed E-state index contributed by atoms with van der Waals surface area (Å²) in [5.74, 6) is -5.80. The first-order valence-electron chi connectivity index (χ1n) is 9.27. The van der Waals surface area contributed by atoms with Gasteiger partial charge in [-0.1, -0.05) is 13.8 Å². The van der Waals surface area contributed by atoms with Crippen LogP contribution in [0.15, 0.2) is 12.1 Å². The van der Waals surface area contributed by atoms with Crippen molar-refractivity contribution in [2.75, 3.05) is 25.0 Å². The molecule has 0 radical (unpaired) electrons. The Kier molecular flexibility index (Phi) is 10.0. The highest BCUT2D eigenvalue weighted by molar-refractivity contribution is 5.94. The van der Waals surface area contributed by atoms with Gasteiger partial charge < -0.3 is 15.5 Å². The second-order valence-corrected chi connectivity index (χ2v) is 6.28. The van der Waals surface area contributed by atoms with E-state index in [-0.39, 0.29) is 18.7 Å². The third-order valence-electron chi connectivity index (χ3n) is 3.89. The zero-order valence-corrected chi connectivity index (χ0v) is 16.1. The Morgan fingerprint density at radius 2 is 1.57 bits per heavy atom. The lowest BCUT2D eigenvalue weighted by Crippen LogP contribution is -2.34. The number of benzene rings is 1. The van der Waals surface area contributed by atoms with Gasteiger partial charge in [-0.2, -0.15) is 0 Å².